The Morgan fingerprint density at radius 1 is 0.889 bits per heavy atom. The van der Waals surface area contributed by atoms with E-state index in [0.717, 1.165) is 25.4 Å². The molecule has 0 aliphatic carbocycles. The molecule has 0 spiro atoms. The van der Waals surface area contributed by atoms with E-state index in [2.05, 4.69) is 16.0 Å². The normalized spacial score (nSPS) is 11.9. The molecule has 5 rings (SSSR count). The Labute approximate surface area is 162 Å². The summed E-state index contributed by atoms with van der Waals surface area (Å²) in [7, 11) is 0. The van der Waals surface area contributed by atoms with Gasteiger partial charge in [0.1, 0.15) is 16.8 Å². The summed E-state index contributed by atoms with van der Waals surface area (Å²) in [4.78, 5) is 9.16. The lowest BCUT2D eigenvalue weighted by atomic mass is 10.2. The Balaban J connectivity index is 1.51. The summed E-state index contributed by atoms with van der Waals surface area (Å²) in [6, 6.07) is 21.8. The van der Waals surface area contributed by atoms with Gasteiger partial charge in [-0.3, -0.25) is 0 Å². The fraction of sp³-hybridized carbons (Fsp3) is 0. The SMILES string of the molecule is N#C/C(=C\c1ccc(-c2nc3ccccc3s2)o1)c1nc2ccccc2s1. The highest BCUT2D eigenvalue weighted by molar-refractivity contribution is 7.21. The van der Waals surface area contributed by atoms with Gasteiger partial charge in [0.15, 0.2) is 10.8 Å². The number of fused-ring (bicyclic) bond motifs is 2. The predicted octanol–water partition coefficient (Wildman–Crippen LogP) is 6.23. The average Bonchev–Trinajstić information content (AvgIpc) is 3.42. The van der Waals surface area contributed by atoms with E-state index in [0.29, 0.717) is 22.1 Å². The zero-order valence-electron chi connectivity index (χ0n) is 13.9. The summed E-state index contributed by atoms with van der Waals surface area (Å²) in [5.41, 5.74) is 2.34. The van der Waals surface area contributed by atoms with Crippen molar-refractivity contribution in [3.05, 3.63) is 71.4 Å². The third kappa shape index (κ3) is 2.93. The van der Waals surface area contributed by atoms with E-state index in [1.165, 1.54) is 11.3 Å². The molecule has 0 atom stereocenters. The van der Waals surface area contributed by atoms with Gasteiger partial charge in [-0.15, -0.1) is 22.7 Å². The molecule has 3 aromatic heterocycles. The number of furan rings is 1. The van der Waals surface area contributed by atoms with Crippen LogP contribution in [0.1, 0.15) is 10.8 Å². The van der Waals surface area contributed by atoms with Gasteiger partial charge in [0.25, 0.3) is 0 Å². The van der Waals surface area contributed by atoms with E-state index in [1.54, 1.807) is 17.4 Å². The van der Waals surface area contributed by atoms with Crippen LogP contribution in [0.2, 0.25) is 0 Å². The van der Waals surface area contributed by atoms with Gasteiger partial charge < -0.3 is 4.42 Å². The number of nitriles is 1. The van der Waals surface area contributed by atoms with Gasteiger partial charge in [-0.05, 0) is 36.4 Å². The van der Waals surface area contributed by atoms with Crippen LogP contribution < -0.4 is 0 Å². The van der Waals surface area contributed by atoms with E-state index in [9.17, 15) is 5.26 Å². The van der Waals surface area contributed by atoms with E-state index < -0.39 is 0 Å². The molecule has 3 heterocycles. The molecule has 5 aromatic rings. The van der Waals surface area contributed by atoms with Crippen LogP contribution in [0.3, 0.4) is 0 Å². The molecule has 128 valence electrons. The van der Waals surface area contributed by atoms with Crippen LogP contribution >= 0.6 is 22.7 Å². The summed E-state index contributed by atoms with van der Waals surface area (Å²) in [5, 5.41) is 11.1. The van der Waals surface area contributed by atoms with Gasteiger partial charge in [0.2, 0.25) is 0 Å². The topological polar surface area (TPSA) is 62.7 Å². The Morgan fingerprint density at radius 2 is 1.59 bits per heavy atom. The largest absolute Gasteiger partial charge is 0.454 e. The number of allylic oxidation sites excluding steroid dienone is 1. The molecule has 0 bridgehead atoms. The fourth-order valence-corrected chi connectivity index (χ4v) is 4.65. The first kappa shape index (κ1) is 15.9. The van der Waals surface area contributed by atoms with Crippen molar-refractivity contribution in [3.8, 4) is 16.8 Å². The molecular formula is C21H11N3OS2. The molecule has 0 saturated heterocycles. The van der Waals surface area contributed by atoms with Crippen molar-refractivity contribution < 1.29 is 4.42 Å². The number of hydrogen-bond donors (Lipinski definition) is 0. The zero-order chi connectivity index (χ0) is 18.2. The summed E-state index contributed by atoms with van der Waals surface area (Å²) in [5.74, 6) is 1.31. The minimum atomic E-state index is 0.487. The maximum atomic E-state index is 9.58. The lowest BCUT2D eigenvalue weighted by Crippen LogP contribution is -1.79. The van der Waals surface area contributed by atoms with Crippen molar-refractivity contribution in [2.75, 3.05) is 0 Å². The number of rotatable bonds is 3. The summed E-state index contributed by atoms with van der Waals surface area (Å²) < 4.78 is 8.10. The molecule has 0 aliphatic heterocycles. The third-order valence-corrected chi connectivity index (χ3v) is 6.18. The fourth-order valence-electron chi connectivity index (χ4n) is 2.79. The van der Waals surface area contributed by atoms with Crippen molar-refractivity contribution in [2.24, 2.45) is 0 Å². The highest BCUT2D eigenvalue weighted by Gasteiger charge is 2.12. The molecule has 0 radical (unpaired) electrons. The standard InChI is InChI=1S/C21H11N3OS2/c22-12-13(20-23-15-5-1-3-7-18(15)26-20)11-14-9-10-17(25-14)21-24-16-6-2-4-8-19(16)27-21/h1-11H/b13-11+. The Bertz CT molecular complexity index is 1280. The first-order chi connectivity index (χ1) is 13.3. The summed E-state index contributed by atoms with van der Waals surface area (Å²) >= 11 is 3.09. The van der Waals surface area contributed by atoms with Crippen molar-refractivity contribution in [1.82, 2.24) is 9.97 Å². The van der Waals surface area contributed by atoms with Gasteiger partial charge in [0.05, 0.1) is 26.0 Å². The number of hydrogen-bond acceptors (Lipinski definition) is 6. The minimum Gasteiger partial charge on any atom is -0.454 e. The van der Waals surface area contributed by atoms with Crippen molar-refractivity contribution in [2.45, 2.75) is 0 Å². The second-order valence-electron chi connectivity index (χ2n) is 5.85. The molecule has 4 nitrogen and oxygen atoms in total. The van der Waals surface area contributed by atoms with Crippen LogP contribution in [-0.4, -0.2) is 9.97 Å². The van der Waals surface area contributed by atoms with Gasteiger partial charge in [0, 0.05) is 6.08 Å². The van der Waals surface area contributed by atoms with Crippen LogP contribution in [0.5, 0.6) is 0 Å². The Kier molecular flexibility index (Phi) is 3.82. The molecule has 0 saturated carbocycles. The molecule has 27 heavy (non-hydrogen) atoms. The number of aromatic nitrogens is 2. The van der Waals surface area contributed by atoms with Crippen LogP contribution in [-0.2, 0) is 0 Å². The molecular weight excluding hydrogens is 374 g/mol. The maximum Gasteiger partial charge on any atom is 0.163 e. The minimum absolute atomic E-state index is 0.487. The highest BCUT2D eigenvalue weighted by Crippen LogP contribution is 2.33. The van der Waals surface area contributed by atoms with Crippen molar-refractivity contribution >= 4 is 54.8 Å². The summed E-state index contributed by atoms with van der Waals surface area (Å²) in [6.07, 6.45) is 1.73. The highest BCUT2D eigenvalue weighted by atomic mass is 32.1. The first-order valence-electron chi connectivity index (χ1n) is 8.24. The molecule has 0 amide bonds. The van der Waals surface area contributed by atoms with Crippen molar-refractivity contribution in [1.29, 1.82) is 5.26 Å². The number of para-hydroxylation sites is 2. The van der Waals surface area contributed by atoms with Gasteiger partial charge in [-0.25, -0.2) is 9.97 Å². The van der Waals surface area contributed by atoms with E-state index in [1.807, 2.05) is 60.7 Å². The maximum absolute atomic E-state index is 9.58. The second-order valence-corrected chi connectivity index (χ2v) is 7.91. The van der Waals surface area contributed by atoms with E-state index in [-0.39, 0.29) is 0 Å². The van der Waals surface area contributed by atoms with Gasteiger partial charge in [-0.2, -0.15) is 5.26 Å². The molecule has 0 unspecified atom stereocenters. The Hall–Kier alpha value is -3.27. The first-order valence-corrected chi connectivity index (χ1v) is 9.87. The monoisotopic (exact) mass is 385 g/mol. The van der Waals surface area contributed by atoms with Gasteiger partial charge >= 0.3 is 0 Å². The van der Waals surface area contributed by atoms with Crippen LogP contribution in [0.15, 0.2) is 65.1 Å². The van der Waals surface area contributed by atoms with E-state index in [4.69, 9.17) is 4.42 Å². The van der Waals surface area contributed by atoms with Crippen LogP contribution in [0.25, 0.3) is 42.9 Å². The number of nitrogens with zero attached hydrogens (tertiary/aromatic N) is 3. The molecule has 0 fully saturated rings. The zero-order valence-corrected chi connectivity index (χ0v) is 15.6. The average molecular weight is 385 g/mol. The number of benzene rings is 2. The Morgan fingerprint density at radius 3 is 2.30 bits per heavy atom. The van der Waals surface area contributed by atoms with Crippen LogP contribution in [0.4, 0.5) is 0 Å². The predicted molar refractivity (Wildman–Crippen MR) is 110 cm³/mol. The lowest BCUT2D eigenvalue weighted by Gasteiger charge is -1.92. The quantitative estimate of drug-likeness (QED) is 0.345. The smallest absolute Gasteiger partial charge is 0.163 e. The molecule has 0 N–H and O–H groups in total. The molecule has 2 aromatic carbocycles. The summed E-state index contributed by atoms with van der Waals surface area (Å²) in [6.45, 7) is 0. The molecule has 0 aliphatic rings. The lowest BCUT2D eigenvalue weighted by molar-refractivity contribution is 0.571. The second kappa shape index (κ2) is 6.47. The van der Waals surface area contributed by atoms with E-state index >= 15 is 0 Å². The molecule has 6 heteroatoms. The number of thiazole rings is 2. The van der Waals surface area contributed by atoms with Gasteiger partial charge in [-0.1, -0.05) is 24.3 Å². The third-order valence-electron chi connectivity index (χ3n) is 4.06. The van der Waals surface area contributed by atoms with Crippen molar-refractivity contribution in [3.63, 3.8) is 0 Å². The van der Waals surface area contributed by atoms with Crippen LogP contribution in [0, 0.1) is 11.3 Å².